The first-order valence-electron chi connectivity index (χ1n) is 11.6. The average molecular weight is 464 g/mol. The Morgan fingerprint density at radius 2 is 1.58 bits per heavy atom. The maximum Gasteiger partial charge on any atom is 0.233 e. The number of hydrogen-bond acceptors (Lipinski definition) is 2. The molecule has 1 heterocycles. The second kappa shape index (κ2) is 10.1. The molecule has 0 aliphatic carbocycles. The highest BCUT2D eigenvalue weighted by molar-refractivity contribution is 7.99. The summed E-state index contributed by atoms with van der Waals surface area (Å²) in [5.74, 6) is 0.552. The second-order valence-electron chi connectivity index (χ2n) is 9.27. The van der Waals surface area contributed by atoms with Crippen molar-refractivity contribution in [2.45, 2.75) is 23.2 Å². The number of hydrogen-bond donors (Lipinski definition) is 1. The SMILES string of the molecule is C[N+]1(CCCSc2ccccc2F)CC[C@@H](C(C(N)=O)(c2ccccc2)c2ccccc2)C1. The molecule has 0 radical (unpaired) electrons. The molecule has 1 aliphatic heterocycles. The van der Waals surface area contributed by atoms with Crippen LogP contribution < -0.4 is 5.73 Å². The van der Waals surface area contributed by atoms with Crippen molar-refractivity contribution in [2.24, 2.45) is 11.7 Å². The Morgan fingerprint density at radius 3 is 2.15 bits per heavy atom. The maximum atomic E-state index is 13.9. The number of halogens is 1. The average Bonchev–Trinajstić information content (AvgIpc) is 3.22. The summed E-state index contributed by atoms with van der Waals surface area (Å²) in [4.78, 5) is 14.0. The number of quaternary nitrogens is 1. The molecule has 1 fully saturated rings. The van der Waals surface area contributed by atoms with Crippen molar-refractivity contribution < 1.29 is 13.7 Å². The highest BCUT2D eigenvalue weighted by atomic mass is 32.2. The highest BCUT2D eigenvalue weighted by Crippen LogP contribution is 2.45. The molecule has 172 valence electrons. The van der Waals surface area contributed by atoms with E-state index in [2.05, 4.69) is 7.05 Å². The number of nitrogens with zero attached hydrogens (tertiary/aromatic N) is 1. The van der Waals surface area contributed by atoms with E-state index in [-0.39, 0.29) is 17.6 Å². The molecule has 1 saturated heterocycles. The first kappa shape index (κ1) is 23.5. The van der Waals surface area contributed by atoms with Crippen LogP contribution >= 0.6 is 11.8 Å². The zero-order valence-corrected chi connectivity index (χ0v) is 19.9. The predicted octanol–water partition coefficient (Wildman–Crippen LogP) is 5.25. The van der Waals surface area contributed by atoms with Gasteiger partial charge in [-0.05, 0) is 23.3 Å². The van der Waals surface area contributed by atoms with Crippen LogP contribution in [0.3, 0.4) is 0 Å². The summed E-state index contributed by atoms with van der Waals surface area (Å²) in [5, 5.41) is 0. The van der Waals surface area contributed by atoms with E-state index in [0.29, 0.717) is 4.90 Å². The Kier molecular flexibility index (Phi) is 7.20. The molecule has 33 heavy (non-hydrogen) atoms. The van der Waals surface area contributed by atoms with Gasteiger partial charge >= 0.3 is 0 Å². The maximum absolute atomic E-state index is 13.9. The largest absolute Gasteiger partial charge is 0.369 e. The molecule has 3 aromatic carbocycles. The first-order valence-corrected chi connectivity index (χ1v) is 12.6. The summed E-state index contributed by atoms with van der Waals surface area (Å²) in [6.07, 6.45) is 1.92. The fourth-order valence-electron chi connectivity index (χ4n) is 5.45. The lowest BCUT2D eigenvalue weighted by molar-refractivity contribution is -0.899. The van der Waals surface area contributed by atoms with Crippen LogP contribution in [-0.2, 0) is 10.2 Å². The number of carbonyl (C=O) groups is 1. The zero-order chi connectivity index (χ0) is 23.3. The Labute approximate surface area is 200 Å². The van der Waals surface area contributed by atoms with Crippen LogP contribution in [0.4, 0.5) is 4.39 Å². The first-order chi connectivity index (χ1) is 16.0. The van der Waals surface area contributed by atoms with Crippen LogP contribution in [0.1, 0.15) is 24.0 Å². The lowest BCUT2D eigenvalue weighted by Crippen LogP contribution is -2.51. The fraction of sp³-hybridized carbons (Fsp3) is 0.321. The fourth-order valence-corrected chi connectivity index (χ4v) is 6.33. The number of benzene rings is 3. The van der Waals surface area contributed by atoms with Gasteiger partial charge in [-0.15, -0.1) is 11.8 Å². The minimum absolute atomic E-state index is 0.115. The summed E-state index contributed by atoms with van der Waals surface area (Å²) in [7, 11) is 2.27. The van der Waals surface area contributed by atoms with E-state index >= 15 is 0 Å². The lowest BCUT2D eigenvalue weighted by Gasteiger charge is -2.38. The number of primary amides is 1. The smallest absolute Gasteiger partial charge is 0.233 e. The van der Waals surface area contributed by atoms with Gasteiger partial charge in [0.05, 0.1) is 26.7 Å². The van der Waals surface area contributed by atoms with E-state index in [4.69, 9.17) is 5.73 Å². The molecule has 0 aromatic heterocycles. The monoisotopic (exact) mass is 463 g/mol. The van der Waals surface area contributed by atoms with Crippen LogP contribution in [0.2, 0.25) is 0 Å². The van der Waals surface area contributed by atoms with Crippen molar-refractivity contribution in [3.05, 3.63) is 102 Å². The molecule has 1 aliphatic rings. The molecule has 4 rings (SSSR count). The van der Waals surface area contributed by atoms with Crippen molar-refractivity contribution in [3.8, 4) is 0 Å². The minimum Gasteiger partial charge on any atom is -0.369 e. The van der Waals surface area contributed by atoms with E-state index in [1.807, 2.05) is 72.8 Å². The quantitative estimate of drug-likeness (QED) is 0.268. The van der Waals surface area contributed by atoms with Crippen LogP contribution in [0.15, 0.2) is 89.8 Å². The summed E-state index contributed by atoms with van der Waals surface area (Å²) in [5.41, 5.74) is 7.31. The molecule has 3 nitrogen and oxygen atoms in total. The van der Waals surface area contributed by atoms with Crippen LogP contribution in [0, 0.1) is 11.7 Å². The lowest BCUT2D eigenvalue weighted by atomic mass is 9.64. The van der Waals surface area contributed by atoms with Crippen LogP contribution in [0.25, 0.3) is 0 Å². The minimum atomic E-state index is -0.847. The molecule has 1 unspecified atom stereocenters. The van der Waals surface area contributed by atoms with Gasteiger partial charge in [-0.2, -0.15) is 0 Å². The molecular weight excluding hydrogens is 431 g/mol. The third kappa shape index (κ3) is 4.85. The third-order valence-corrected chi connectivity index (χ3v) is 8.21. The molecule has 3 aromatic rings. The van der Waals surface area contributed by atoms with Crippen molar-refractivity contribution in [1.29, 1.82) is 0 Å². The number of carbonyl (C=O) groups excluding carboxylic acids is 1. The van der Waals surface area contributed by atoms with Gasteiger partial charge in [0, 0.05) is 29.4 Å². The van der Waals surface area contributed by atoms with E-state index in [1.165, 1.54) is 6.07 Å². The van der Waals surface area contributed by atoms with Gasteiger partial charge in [-0.1, -0.05) is 72.8 Å². The Hall–Kier alpha value is -2.63. The van der Waals surface area contributed by atoms with Crippen molar-refractivity contribution >= 4 is 17.7 Å². The zero-order valence-electron chi connectivity index (χ0n) is 19.1. The molecule has 1 amide bonds. The molecule has 0 spiro atoms. The third-order valence-electron chi connectivity index (χ3n) is 7.07. The van der Waals surface area contributed by atoms with Gasteiger partial charge in [0.15, 0.2) is 0 Å². The van der Waals surface area contributed by atoms with Crippen molar-refractivity contribution in [3.63, 3.8) is 0 Å². The van der Waals surface area contributed by atoms with Crippen molar-refractivity contribution in [1.82, 2.24) is 0 Å². The number of rotatable bonds is 9. The van der Waals surface area contributed by atoms with Crippen LogP contribution in [0.5, 0.6) is 0 Å². The van der Waals surface area contributed by atoms with Crippen molar-refractivity contribution in [2.75, 3.05) is 32.4 Å². The molecule has 2 atom stereocenters. The molecule has 2 N–H and O–H groups in total. The standard InChI is InChI=1S/C28H31FN2OS/c1-31(18-10-20-33-26-16-9-8-15-25(26)29)19-17-24(21-31)28(27(30)32,22-11-4-2-5-12-22)23-13-6-3-7-14-23/h2-9,11-16,24H,10,17-21H2,1H3,(H-,30,32)/p+1/t24-,31?/m1/s1. The second-order valence-corrected chi connectivity index (χ2v) is 10.4. The van der Waals surface area contributed by atoms with E-state index in [9.17, 15) is 9.18 Å². The highest BCUT2D eigenvalue weighted by Gasteiger charge is 2.53. The normalized spacial score (nSPS) is 20.6. The van der Waals surface area contributed by atoms with Gasteiger partial charge in [-0.25, -0.2) is 4.39 Å². The number of nitrogens with two attached hydrogens (primary N) is 1. The number of amides is 1. The van der Waals surface area contributed by atoms with Gasteiger partial charge < -0.3 is 10.2 Å². The van der Waals surface area contributed by atoms with Gasteiger partial charge in [0.2, 0.25) is 5.91 Å². The van der Waals surface area contributed by atoms with E-state index < -0.39 is 5.41 Å². The molecule has 0 bridgehead atoms. The van der Waals surface area contributed by atoms with Gasteiger partial charge in [0.25, 0.3) is 0 Å². The molecule has 5 heteroatoms. The summed E-state index contributed by atoms with van der Waals surface area (Å²) < 4.78 is 14.8. The predicted molar refractivity (Wildman–Crippen MR) is 133 cm³/mol. The number of thioether (sulfide) groups is 1. The summed E-state index contributed by atoms with van der Waals surface area (Å²) in [6.45, 7) is 2.89. The Morgan fingerprint density at radius 1 is 1.00 bits per heavy atom. The topological polar surface area (TPSA) is 43.1 Å². The van der Waals surface area contributed by atoms with Gasteiger partial charge in [-0.3, -0.25) is 4.79 Å². The van der Waals surface area contributed by atoms with Crippen LogP contribution in [-0.4, -0.2) is 42.8 Å². The molecular formula is C28H32FN2OS+. The number of likely N-dealkylation sites (tertiary alicyclic amines) is 1. The van der Waals surface area contributed by atoms with Gasteiger partial charge in [0.1, 0.15) is 11.2 Å². The Bertz CT molecular complexity index is 1040. The van der Waals surface area contributed by atoms with E-state index in [0.717, 1.165) is 53.8 Å². The Balaban J connectivity index is 1.53. The molecule has 0 saturated carbocycles. The van der Waals surface area contributed by atoms with E-state index in [1.54, 1.807) is 17.8 Å². The summed E-state index contributed by atoms with van der Waals surface area (Å²) in [6, 6.07) is 27.0. The summed E-state index contributed by atoms with van der Waals surface area (Å²) >= 11 is 1.57.